The summed E-state index contributed by atoms with van der Waals surface area (Å²) in [5, 5.41) is 0.442. The fraction of sp³-hybridized carbons (Fsp3) is 0.579. The predicted molar refractivity (Wildman–Crippen MR) is 94.6 cm³/mol. The van der Waals surface area contributed by atoms with Crippen molar-refractivity contribution >= 4 is 23.6 Å². The van der Waals surface area contributed by atoms with Crippen LogP contribution < -0.4 is 0 Å². The fourth-order valence-electron chi connectivity index (χ4n) is 2.37. The highest BCUT2D eigenvalue weighted by atomic mass is 16.7. The molecule has 0 aliphatic carbocycles. The van der Waals surface area contributed by atoms with Gasteiger partial charge in [-0.1, -0.05) is 25.5 Å². The first kappa shape index (κ1) is 21.8. The van der Waals surface area contributed by atoms with Gasteiger partial charge >= 0.3 is 5.97 Å². The number of hydrogen-bond donors (Lipinski definition) is 0. The van der Waals surface area contributed by atoms with Gasteiger partial charge in [0.25, 0.3) is 11.8 Å². The summed E-state index contributed by atoms with van der Waals surface area (Å²) >= 11 is 0. The number of imide groups is 1. The summed E-state index contributed by atoms with van der Waals surface area (Å²) < 4.78 is 5.78. The maximum atomic E-state index is 12.5. The van der Waals surface area contributed by atoms with E-state index in [4.69, 9.17) is 9.57 Å². The molecule has 0 N–H and O–H groups in total. The van der Waals surface area contributed by atoms with E-state index in [1.807, 2.05) is 6.92 Å². The van der Waals surface area contributed by atoms with Crippen molar-refractivity contribution in [3.05, 3.63) is 24.3 Å². The molecule has 0 saturated carbocycles. The minimum atomic E-state index is -1.00. The number of hydrogen-bond acceptors (Lipinski definition) is 6. The molecule has 1 heterocycles. The maximum Gasteiger partial charge on any atom is 0.339 e. The largest absolute Gasteiger partial charge is 0.367 e. The molecule has 0 saturated heterocycles. The van der Waals surface area contributed by atoms with Crippen molar-refractivity contribution in [2.24, 2.45) is 5.41 Å². The minimum absolute atomic E-state index is 0.142. The van der Waals surface area contributed by atoms with Crippen molar-refractivity contribution in [2.45, 2.75) is 59.5 Å². The second-order valence-electron chi connectivity index (χ2n) is 6.89. The predicted octanol–water partition coefficient (Wildman–Crippen LogP) is 2.51. The first-order valence-electron chi connectivity index (χ1n) is 8.63. The van der Waals surface area contributed by atoms with Gasteiger partial charge in [-0.25, -0.2) is 4.79 Å². The first-order valence-corrected chi connectivity index (χ1v) is 8.63. The summed E-state index contributed by atoms with van der Waals surface area (Å²) in [6, 6.07) is 0. The number of nitrogens with zero attached hydrogens (tertiary/aromatic N) is 1. The fourth-order valence-corrected chi connectivity index (χ4v) is 2.37. The Kier molecular flexibility index (Phi) is 7.03. The van der Waals surface area contributed by atoms with E-state index in [0.717, 1.165) is 12.2 Å². The monoisotopic (exact) mass is 365 g/mol. The molecule has 0 bridgehead atoms. The molecule has 0 aromatic heterocycles. The summed E-state index contributed by atoms with van der Waals surface area (Å²) in [6.45, 7) is 12.4. The lowest BCUT2D eigenvalue weighted by molar-refractivity contribution is -0.204. The Morgan fingerprint density at radius 3 is 2.08 bits per heavy atom. The normalized spacial score (nSPS) is 18.4. The van der Waals surface area contributed by atoms with E-state index < -0.39 is 28.8 Å². The third-order valence-electron chi connectivity index (χ3n) is 4.83. The van der Waals surface area contributed by atoms with Gasteiger partial charge in [0, 0.05) is 18.8 Å². The van der Waals surface area contributed by atoms with Gasteiger partial charge in [-0.2, -0.15) is 0 Å². The molecule has 0 aromatic rings. The maximum absolute atomic E-state index is 12.5. The van der Waals surface area contributed by atoms with Gasteiger partial charge in [0.15, 0.2) is 5.78 Å². The number of hydroxylamine groups is 2. The van der Waals surface area contributed by atoms with Crippen molar-refractivity contribution in [1.82, 2.24) is 5.06 Å². The number of amides is 2. The van der Waals surface area contributed by atoms with E-state index in [1.54, 1.807) is 27.7 Å². The van der Waals surface area contributed by atoms with Crippen molar-refractivity contribution in [3.63, 3.8) is 0 Å². The molecular weight excluding hydrogens is 338 g/mol. The van der Waals surface area contributed by atoms with Crippen LogP contribution in [0.5, 0.6) is 0 Å². The van der Waals surface area contributed by atoms with Gasteiger partial charge in [0.2, 0.25) is 0 Å². The molecule has 7 nitrogen and oxygen atoms in total. The molecule has 2 atom stereocenters. The van der Waals surface area contributed by atoms with E-state index in [1.165, 1.54) is 0 Å². The smallest absolute Gasteiger partial charge is 0.339 e. The Bertz CT molecular complexity index is 634. The van der Waals surface area contributed by atoms with E-state index in [2.05, 4.69) is 6.58 Å². The number of Topliss-reactive ketones (excluding diaryl/α,β-unsaturated/α-hetero) is 1. The van der Waals surface area contributed by atoms with Crippen LogP contribution in [0.4, 0.5) is 0 Å². The SMILES string of the molecule is C=C(C)C(=O)C(C)(CC)OCCC(C)(CC)C(=O)ON1C(=O)C=CC1=O. The van der Waals surface area contributed by atoms with Crippen molar-refractivity contribution < 1.29 is 28.8 Å². The van der Waals surface area contributed by atoms with Crippen LogP contribution in [0, 0.1) is 5.41 Å². The zero-order valence-corrected chi connectivity index (χ0v) is 16.1. The van der Waals surface area contributed by atoms with Crippen molar-refractivity contribution in [3.8, 4) is 0 Å². The highest BCUT2D eigenvalue weighted by molar-refractivity contribution is 6.12. The van der Waals surface area contributed by atoms with Crippen LogP contribution in [0.3, 0.4) is 0 Å². The Hall–Kier alpha value is -2.28. The van der Waals surface area contributed by atoms with Crippen LogP contribution in [0.25, 0.3) is 0 Å². The molecule has 1 rings (SSSR count). The molecule has 144 valence electrons. The van der Waals surface area contributed by atoms with Crippen molar-refractivity contribution in [1.29, 1.82) is 0 Å². The Balaban J connectivity index is 2.73. The molecule has 0 radical (unpaired) electrons. The van der Waals surface area contributed by atoms with Gasteiger partial charge in [-0.15, -0.1) is 0 Å². The van der Waals surface area contributed by atoms with Gasteiger partial charge < -0.3 is 9.57 Å². The topological polar surface area (TPSA) is 90.0 Å². The summed E-state index contributed by atoms with van der Waals surface area (Å²) in [7, 11) is 0. The molecule has 26 heavy (non-hydrogen) atoms. The number of carbonyl (C=O) groups is 4. The Morgan fingerprint density at radius 1 is 1.12 bits per heavy atom. The molecular formula is C19H27NO6. The molecule has 7 heteroatoms. The number of ether oxygens (including phenoxy) is 1. The van der Waals surface area contributed by atoms with Crippen LogP contribution in [0.2, 0.25) is 0 Å². The minimum Gasteiger partial charge on any atom is -0.367 e. The van der Waals surface area contributed by atoms with Crippen LogP contribution in [0.1, 0.15) is 53.9 Å². The van der Waals surface area contributed by atoms with E-state index >= 15 is 0 Å². The molecule has 1 aliphatic rings. The van der Waals surface area contributed by atoms with Crippen LogP contribution in [-0.2, 0) is 28.8 Å². The van der Waals surface area contributed by atoms with Crippen LogP contribution >= 0.6 is 0 Å². The summed E-state index contributed by atoms with van der Waals surface area (Å²) in [4.78, 5) is 52.8. The van der Waals surface area contributed by atoms with E-state index in [9.17, 15) is 19.2 Å². The lowest BCUT2D eigenvalue weighted by Crippen LogP contribution is -2.42. The number of carbonyl (C=O) groups excluding carboxylic acids is 4. The average Bonchev–Trinajstić information content (AvgIpc) is 2.92. The second-order valence-corrected chi connectivity index (χ2v) is 6.89. The molecule has 0 spiro atoms. The lowest BCUT2D eigenvalue weighted by atomic mass is 9.84. The van der Waals surface area contributed by atoms with E-state index in [-0.39, 0.29) is 18.8 Å². The van der Waals surface area contributed by atoms with Crippen LogP contribution in [-0.4, -0.2) is 40.8 Å². The molecule has 0 aromatic carbocycles. The van der Waals surface area contributed by atoms with Gasteiger partial charge in [-0.05, 0) is 45.6 Å². The van der Waals surface area contributed by atoms with Crippen molar-refractivity contribution in [2.75, 3.05) is 6.61 Å². The van der Waals surface area contributed by atoms with Gasteiger partial charge in [-0.3, -0.25) is 14.4 Å². The Morgan fingerprint density at radius 2 is 1.65 bits per heavy atom. The zero-order valence-electron chi connectivity index (χ0n) is 16.1. The Labute approximate surface area is 154 Å². The van der Waals surface area contributed by atoms with Crippen LogP contribution in [0.15, 0.2) is 24.3 Å². The quantitative estimate of drug-likeness (QED) is 0.436. The lowest BCUT2D eigenvalue weighted by Gasteiger charge is -2.31. The average molecular weight is 365 g/mol. The number of rotatable bonds is 10. The number of ketones is 1. The third kappa shape index (κ3) is 4.66. The van der Waals surface area contributed by atoms with Gasteiger partial charge in [0.05, 0.1) is 5.41 Å². The highest BCUT2D eigenvalue weighted by Crippen LogP contribution is 2.30. The second kappa shape index (κ2) is 8.40. The summed E-state index contributed by atoms with van der Waals surface area (Å²) in [5.74, 6) is -2.26. The van der Waals surface area contributed by atoms with E-state index in [0.29, 0.717) is 23.5 Å². The highest BCUT2D eigenvalue weighted by Gasteiger charge is 2.39. The molecule has 2 unspecified atom stereocenters. The zero-order chi connectivity index (χ0) is 20.1. The summed E-state index contributed by atoms with van der Waals surface area (Å²) in [5.41, 5.74) is -1.57. The molecule has 2 amide bonds. The first-order chi connectivity index (χ1) is 12.0. The molecule has 1 aliphatic heterocycles. The molecule has 0 fully saturated rings. The van der Waals surface area contributed by atoms with Gasteiger partial charge in [0.1, 0.15) is 5.60 Å². The standard InChI is InChI=1S/C19H27NO6/c1-7-18(5,17(24)26-20-14(21)9-10-15(20)22)11-12-25-19(6,8-2)16(23)13(3)4/h9-10H,3,7-8,11-12H2,1-2,4-6H3. The third-order valence-corrected chi connectivity index (χ3v) is 4.83. The summed E-state index contributed by atoms with van der Waals surface area (Å²) in [6.07, 6.45) is 3.23.